The van der Waals surface area contributed by atoms with Crippen LogP contribution in [0.2, 0.25) is 0 Å². The first-order chi connectivity index (χ1) is 8.17. The molecule has 0 spiro atoms. The van der Waals surface area contributed by atoms with Gasteiger partial charge < -0.3 is 15.2 Å². The normalized spacial score (nSPS) is 26.7. The van der Waals surface area contributed by atoms with Crippen LogP contribution in [0.5, 0.6) is 0 Å². The molecule has 3 unspecified atom stereocenters. The minimum absolute atomic E-state index is 0.347. The molecule has 2 N–H and O–H groups in total. The van der Waals surface area contributed by atoms with Crippen LogP contribution in [-0.2, 0) is 9.53 Å². The molecule has 1 rings (SSSR count). The Morgan fingerprint density at radius 2 is 2.29 bits per heavy atom. The van der Waals surface area contributed by atoms with E-state index < -0.39 is 12.0 Å². The van der Waals surface area contributed by atoms with Crippen LogP contribution in [-0.4, -0.2) is 36.9 Å². The number of aliphatic carboxylic acids is 1. The molecule has 1 saturated carbocycles. The minimum Gasteiger partial charge on any atom is -0.480 e. The number of rotatable bonds is 7. The molecule has 0 aliphatic heterocycles. The molecular weight excluding hydrogens is 218 g/mol. The summed E-state index contributed by atoms with van der Waals surface area (Å²) in [7, 11) is 1.67. The molecule has 17 heavy (non-hydrogen) atoms. The Kier molecular flexibility index (Phi) is 6.52. The van der Waals surface area contributed by atoms with Gasteiger partial charge in [-0.1, -0.05) is 26.2 Å². The Hall–Kier alpha value is -0.610. The molecular formula is C13H25NO3. The molecule has 1 fully saturated rings. The predicted molar refractivity (Wildman–Crippen MR) is 67.1 cm³/mol. The Labute approximate surface area is 104 Å². The lowest BCUT2D eigenvalue weighted by atomic mass is 9.85. The summed E-state index contributed by atoms with van der Waals surface area (Å²) in [4.78, 5) is 10.8. The lowest BCUT2D eigenvalue weighted by Crippen LogP contribution is -2.35. The summed E-state index contributed by atoms with van der Waals surface area (Å²) in [6, 6.07) is -0.486. The van der Waals surface area contributed by atoms with E-state index in [2.05, 4.69) is 12.2 Å². The standard InChI is InChI=1S/C13H25NO3/c1-3-10-5-4-6-11(9-10)17-8-7-12(14-2)13(15)16/h10-12,14H,3-9H2,1-2H3,(H,15,16). The maximum atomic E-state index is 10.8. The van der Waals surface area contributed by atoms with E-state index in [4.69, 9.17) is 9.84 Å². The third-order valence-corrected chi connectivity index (χ3v) is 3.72. The molecule has 1 aliphatic rings. The van der Waals surface area contributed by atoms with Crippen molar-refractivity contribution in [1.29, 1.82) is 0 Å². The van der Waals surface area contributed by atoms with Gasteiger partial charge in [-0.3, -0.25) is 4.79 Å². The first kappa shape index (κ1) is 14.5. The molecule has 0 heterocycles. The Balaban J connectivity index is 2.19. The van der Waals surface area contributed by atoms with E-state index in [-0.39, 0.29) is 0 Å². The van der Waals surface area contributed by atoms with Crippen LogP contribution in [0.3, 0.4) is 0 Å². The number of nitrogens with one attached hydrogen (secondary N) is 1. The third kappa shape index (κ3) is 5.04. The van der Waals surface area contributed by atoms with Gasteiger partial charge in [0.2, 0.25) is 0 Å². The largest absolute Gasteiger partial charge is 0.480 e. The van der Waals surface area contributed by atoms with Crippen LogP contribution in [0.1, 0.15) is 45.4 Å². The van der Waals surface area contributed by atoms with Gasteiger partial charge in [0.1, 0.15) is 6.04 Å². The summed E-state index contributed by atoms with van der Waals surface area (Å²) in [5.41, 5.74) is 0. The van der Waals surface area contributed by atoms with E-state index in [9.17, 15) is 4.79 Å². The van der Waals surface area contributed by atoms with Gasteiger partial charge in [-0.2, -0.15) is 0 Å². The summed E-state index contributed by atoms with van der Waals surface area (Å²) in [5, 5.41) is 11.7. The molecule has 0 aromatic carbocycles. The van der Waals surface area contributed by atoms with Crippen molar-refractivity contribution in [3.63, 3.8) is 0 Å². The van der Waals surface area contributed by atoms with Crippen molar-refractivity contribution >= 4 is 5.97 Å². The Morgan fingerprint density at radius 3 is 2.88 bits per heavy atom. The van der Waals surface area contributed by atoms with Crippen LogP contribution < -0.4 is 5.32 Å². The number of ether oxygens (including phenoxy) is 1. The second-order valence-electron chi connectivity index (χ2n) is 4.90. The van der Waals surface area contributed by atoms with E-state index in [1.54, 1.807) is 7.05 Å². The molecule has 0 aromatic rings. The quantitative estimate of drug-likeness (QED) is 0.718. The lowest BCUT2D eigenvalue weighted by molar-refractivity contribution is -0.140. The summed E-state index contributed by atoms with van der Waals surface area (Å²) >= 11 is 0. The van der Waals surface area contributed by atoms with Gasteiger partial charge in [0, 0.05) is 6.61 Å². The van der Waals surface area contributed by atoms with Crippen molar-refractivity contribution in [3.05, 3.63) is 0 Å². The van der Waals surface area contributed by atoms with Gasteiger partial charge in [-0.05, 0) is 32.2 Å². The number of hydrogen-bond donors (Lipinski definition) is 2. The number of likely N-dealkylation sites (N-methyl/N-ethyl adjacent to an activating group) is 1. The number of carbonyl (C=O) groups is 1. The van der Waals surface area contributed by atoms with Crippen molar-refractivity contribution in [2.24, 2.45) is 5.92 Å². The zero-order valence-electron chi connectivity index (χ0n) is 10.9. The summed E-state index contributed by atoms with van der Waals surface area (Å²) in [6.07, 6.45) is 6.97. The topological polar surface area (TPSA) is 58.6 Å². The van der Waals surface area contributed by atoms with Gasteiger partial charge in [0.25, 0.3) is 0 Å². The van der Waals surface area contributed by atoms with E-state index in [1.165, 1.54) is 19.3 Å². The van der Waals surface area contributed by atoms with Gasteiger partial charge in [0.05, 0.1) is 6.10 Å². The van der Waals surface area contributed by atoms with Gasteiger partial charge in [0.15, 0.2) is 0 Å². The third-order valence-electron chi connectivity index (χ3n) is 3.72. The van der Waals surface area contributed by atoms with Crippen molar-refractivity contribution in [1.82, 2.24) is 5.32 Å². The number of hydrogen-bond acceptors (Lipinski definition) is 3. The monoisotopic (exact) mass is 243 g/mol. The van der Waals surface area contributed by atoms with Crippen LogP contribution in [0.25, 0.3) is 0 Å². The summed E-state index contributed by atoms with van der Waals surface area (Å²) < 4.78 is 5.79. The average molecular weight is 243 g/mol. The highest BCUT2D eigenvalue weighted by molar-refractivity contribution is 5.73. The molecule has 3 atom stereocenters. The average Bonchev–Trinajstić information content (AvgIpc) is 2.34. The van der Waals surface area contributed by atoms with Gasteiger partial charge >= 0.3 is 5.97 Å². The summed E-state index contributed by atoms with van der Waals surface area (Å²) in [6.45, 7) is 2.77. The van der Waals surface area contributed by atoms with Crippen molar-refractivity contribution in [2.75, 3.05) is 13.7 Å². The Bertz CT molecular complexity index is 233. The van der Waals surface area contributed by atoms with E-state index in [0.717, 1.165) is 18.8 Å². The SMILES string of the molecule is CCC1CCCC(OCCC(NC)C(=O)O)C1. The second kappa shape index (κ2) is 7.67. The lowest BCUT2D eigenvalue weighted by Gasteiger charge is -2.28. The fourth-order valence-electron chi connectivity index (χ4n) is 2.51. The highest BCUT2D eigenvalue weighted by Gasteiger charge is 2.22. The van der Waals surface area contributed by atoms with Crippen molar-refractivity contribution in [2.45, 2.75) is 57.6 Å². The number of carboxylic acids is 1. The molecule has 4 heteroatoms. The first-order valence-corrected chi connectivity index (χ1v) is 6.69. The molecule has 1 aliphatic carbocycles. The number of carboxylic acid groups (broad SMARTS) is 1. The zero-order valence-corrected chi connectivity index (χ0v) is 10.9. The van der Waals surface area contributed by atoms with E-state index in [1.807, 2.05) is 0 Å². The molecule has 0 radical (unpaired) electrons. The fourth-order valence-corrected chi connectivity index (χ4v) is 2.51. The zero-order chi connectivity index (χ0) is 12.7. The maximum Gasteiger partial charge on any atom is 0.320 e. The summed E-state index contributed by atoms with van der Waals surface area (Å²) in [5.74, 6) is -0.000463. The molecule has 0 aromatic heterocycles. The molecule has 0 saturated heterocycles. The van der Waals surface area contributed by atoms with Gasteiger partial charge in [-0.15, -0.1) is 0 Å². The predicted octanol–water partition coefficient (Wildman–Crippen LogP) is 2.03. The highest BCUT2D eigenvalue weighted by Crippen LogP contribution is 2.28. The molecule has 0 amide bonds. The van der Waals surface area contributed by atoms with E-state index >= 15 is 0 Å². The van der Waals surface area contributed by atoms with Crippen LogP contribution in [0, 0.1) is 5.92 Å². The molecule has 4 nitrogen and oxygen atoms in total. The van der Waals surface area contributed by atoms with E-state index in [0.29, 0.717) is 19.1 Å². The minimum atomic E-state index is -0.800. The van der Waals surface area contributed by atoms with Crippen LogP contribution in [0.15, 0.2) is 0 Å². The van der Waals surface area contributed by atoms with Crippen molar-refractivity contribution < 1.29 is 14.6 Å². The fraction of sp³-hybridized carbons (Fsp3) is 0.923. The second-order valence-corrected chi connectivity index (χ2v) is 4.90. The van der Waals surface area contributed by atoms with Crippen LogP contribution in [0.4, 0.5) is 0 Å². The van der Waals surface area contributed by atoms with Crippen molar-refractivity contribution in [3.8, 4) is 0 Å². The molecule has 0 bridgehead atoms. The highest BCUT2D eigenvalue weighted by atomic mass is 16.5. The van der Waals surface area contributed by atoms with Crippen LogP contribution >= 0.6 is 0 Å². The smallest absolute Gasteiger partial charge is 0.320 e. The van der Waals surface area contributed by atoms with Gasteiger partial charge in [-0.25, -0.2) is 0 Å². The maximum absolute atomic E-state index is 10.8. The Morgan fingerprint density at radius 1 is 1.53 bits per heavy atom. The first-order valence-electron chi connectivity index (χ1n) is 6.69. The molecule has 100 valence electrons.